The molecule has 0 N–H and O–H groups in total. The molecule has 0 bridgehead atoms. The van der Waals surface area contributed by atoms with Crippen LogP contribution in [0.5, 0.6) is 0 Å². The summed E-state index contributed by atoms with van der Waals surface area (Å²) in [5, 5.41) is 3.57. The van der Waals surface area contributed by atoms with Crippen LogP contribution < -0.4 is 0 Å². The Kier molecular flexibility index (Phi) is 7.06. The molecular weight excluding hydrogens is 446 g/mol. The quantitative estimate of drug-likeness (QED) is 0.329. The Hall–Kier alpha value is -2.64. The smallest absolute Gasteiger partial charge is 0.410 e. The molecule has 3 atom stereocenters. The molecule has 1 heterocycles. The summed E-state index contributed by atoms with van der Waals surface area (Å²) < 4.78 is 34.6. The van der Waals surface area contributed by atoms with Crippen LogP contribution in [0.2, 0.25) is 0 Å². The average Bonchev–Trinajstić information content (AvgIpc) is 2.73. The molecule has 0 aliphatic carbocycles. The number of hydrogen-bond acceptors (Lipinski definition) is 3. The van der Waals surface area contributed by atoms with E-state index in [0.717, 1.165) is 5.56 Å². The van der Waals surface area contributed by atoms with Crippen molar-refractivity contribution in [2.24, 2.45) is 5.11 Å². The van der Waals surface area contributed by atoms with Crippen LogP contribution in [-0.4, -0.2) is 35.8 Å². The Balaban J connectivity index is 1.83. The second kappa shape index (κ2) is 9.71. The summed E-state index contributed by atoms with van der Waals surface area (Å²) in [6.45, 7) is 0.145. The van der Waals surface area contributed by atoms with E-state index in [1.807, 2.05) is 30.3 Å². The Morgan fingerprint density at radius 2 is 2.03 bits per heavy atom. The highest BCUT2D eigenvalue weighted by Crippen LogP contribution is 2.29. The van der Waals surface area contributed by atoms with Crippen LogP contribution in [-0.2, 0) is 17.8 Å². The fraction of sp³-hybridized carbons (Fsp3) is 0.350. The van der Waals surface area contributed by atoms with E-state index in [1.165, 1.54) is 4.90 Å². The van der Waals surface area contributed by atoms with Gasteiger partial charge in [0.25, 0.3) is 0 Å². The van der Waals surface area contributed by atoms with Crippen molar-refractivity contribution in [2.75, 3.05) is 6.54 Å². The maximum atomic E-state index is 14.5. The molecule has 6 nitrogen and oxygen atoms in total. The summed E-state index contributed by atoms with van der Waals surface area (Å²) in [6.07, 6.45) is -2.07. The summed E-state index contributed by atoms with van der Waals surface area (Å²) in [7, 11) is 0. The first-order valence-electron chi connectivity index (χ1n) is 9.09. The normalized spacial score (nSPS) is 21.3. The monoisotopic (exact) mass is 464 g/mol. The fourth-order valence-corrected chi connectivity index (χ4v) is 3.83. The number of ether oxygens (including phenoxy) is 1. The number of amides is 1. The lowest BCUT2D eigenvalue weighted by Gasteiger charge is -2.40. The molecule has 152 valence electrons. The third-order valence-electron chi connectivity index (χ3n) is 4.90. The molecule has 0 spiro atoms. The minimum atomic E-state index is -1.43. The number of piperidine rings is 1. The number of likely N-dealkylation sites (tertiary alicyclic amines) is 1. The van der Waals surface area contributed by atoms with E-state index in [4.69, 9.17) is 10.3 Å². The average molecular weight is 465 g/mol. The summed E-state index contributed by atoms with van der Waals surface area (Å²) in [5.74, 6) is -0.495. The van der Waals surface area contributed by atoms with Gasteiger partial charge in [0.2, 0.25) is 0 Å². The van der Waals surface area contributed by atoms with E-state index in [0.29, 0.717) is 0 Å². The molecule has 1 aliphatic heterocycles. The van der Waals surface area contributed by atoms with Crippen molar-refractivity contribution in [3.8, 4) is 0 Å². The maximum Gasteiger partial charge on any atom is 0.410 e. The SMILES string of the molecule is [N-]=[N+]=N[C@@H]1[C@H](F)CCN(C(=O)OCc2ccccc2)[C@@H]1Cc1cccc(Br)c1F. The van der Waals surface area contributed by atoms with Gasteiger partial charge >= 0.3 is 6.09 Å². The number of rotatable bonds is 5. The van der Waals surface area contributed by atoms with Gasteiger partial charge in [0, 0.05) is 11.5 Å². The van der Waals surface area contributed by atoms with Gasteiger partial charge in [0.15, 0.2) is 0 Å². The van der Waals surface area contributed by atoms with Gasteiger partial charge in [0.1, 0.15) is 18.6 Å². The van der Waals surface area contributed by atoms with Crippen LogP contribution in [0.15, 0.2) is 58.1 Å². The minimum absolute atomic E-state index is 0.00415. The zero-order valence-electron chi connectivity index (χ0n) is 15.4. The molecule has 2 aromatic rings. The molecule has 1 aliphatic rings. The predicted octanol–water partition coefficient (Wildman–Crippen LogP) is 5.56. The van der Waals surface area contributed by atoms with E-state index in [1.54, 1.807) is 18.2 Å². The largest absolute Gasteiger partial charge is 0.445 e. The van der Waals surface area contributed by atoms with Crippen molar-refractivity contribution in [3.63, 3.8) is 0 Å². The summed E-state index contributed by atoms with van der Waals surface area (Å²) >= 11 is 3.13. The number of carbonyl (C=O) groups excluding carboxylic acids is 1. The van der Waals surface area contributed by atoms with E-state index in [9.17, 15) is 13.6 Å². The lowest BCUT2D eigenvalue weighted by molar-refractivity contribution is 0.0393. The van der Waals surface area contributed by atoms with Gasteiger partial charge in [-0.25, -0.2) is 13.6 Å². The van der Waals surface area contributed by atoms with Crippen molar-refractivity contribution in [1.29, 1.82) is 0 Å². The maximum absolute atomic E-state index is 14.5. The Bertz CT molecular complexity index is 909. The number of halogens is 3. The summed E-state index contributed by atoms with van der Waals surface area (Å²) in [4.78, 5) is 16.8. The molecule has 9 heteroatoms. The third-order valence-corrected chi connectivity index (χ3v) is 5.51. The Morgan fingerprint density at radius 1 is 1.28 bits per heavy atom. The van der Waals surface area contributed by atoms with Crippen LogP contribution in [0.25, 0.3) is 10.4 Å². The standard InChI is InChI=1S/C20H19BrF2N4O2/c21-15-8-4-7-14(18(15)23)11-17-19(25-26-24)16(22)9-10-27(17)20(28)29-12-13-5-2-1-3-6-13/h1-8,16-17,19H,9-12H2/t16-,17-,19-/m1/s1. The van der Waals surface area contributed by atoms with Crippen molar-refractivity contribution in [1.82, 2.24) is 4.90 Å². The number of carbonyl (C=O) groups is 1. The highest BCUT2D eigenvalue weighted by molar-refractivity contribution is 9.10. The highest BCUT2D eigenvalue weighted by atomic mass is 79.9. The van der Waals surface area contributed by atoms with E-state index < -0.39 is 30.2 Å². The van der Waals surface area contributed by atoms with E-state index >= 15 is 0 Å². The lowest BCUT2D eigenvalue weighted by atomic mass is 9.90. The molecule has 0 radical (unpaired) electrons. The van der Waals surface area contributed by atoms with Gasteiger partial charge in [0.05, 0.1) is 16.6 Å². The van der Waals surface area contributed by atoms with Crippen LogP contribution in [0.3, 0.4) is 0 Å². The summed E-state index contributed by atoms with van der Waals surface area (Å²) in [6, 6.07) is 11.9. The first-order valence-corrected chi connectivity index (χ1v) is 9.89. The van der Waals surface area contributed by atoms with Crippen molar-refractivity contribution in [3.05, 3.63) is 80.4 Å². The number of nitrogens with zero attached hydrogens (tertiary/aromatic N) is 4. The van der Waals surface area contributed by atoms with Gasteiger partial charge in [-0.3, -0.25) is 0 Å². The fourth-order valence-electron chi connectivity index (χ4n) is 3.42. The van der Waals surface area contributed by atoms with Gasteiger partial charge in [-0.05, 0) is 51.5 Å². The van der Waals surface area contributed by atoms with Crippen LogP contribution in [0.4, 0.5) is 13.6 Å². The molecule has 0 saturated carbocycles. The number of alkyl halides is 1. The second-order valence-corrected chi connectivity index (χ2v) is 7.57. The first kappa shape index (κ1) is 21.1. The second-order valence-electron chi connectivity index (χ2n) is 6.72. The van der Waals surface area contributed by atoms with Crippen molar-refractivity contribution in [2.45, 2.75) is 37.7 Å². The molecule has 0 unspecified atom stereocenters. The molecule has 3 rings (SSSR count). The van der Waals surface area contributed by atoms with Crippen LogP contribution in [0, 0.1) is 5.82 Å². The molecular formula is C20H19BrF2N4O2. The molecule has 1 saturated heterocycles. The van der Waals surface area contributed by atoms with Gasteiger partial charge < -0.3 is 9.64 Å². The molecule has 29 heavy (non-hydrogen) atoms. The Morgan fingerprint density at radius 3 is 2.76 bits per heavy atom. The van der Waals surface area contributed by atoms with Gasteiger partial charge in [-0.1, -0.05) is 47.6 Å². The van der Waals surface area contributed by atoms with Crippen LogP contribution in [0.1, 0.15) is 17.5 Å². The third kappa shape index (κ3) is 5.05. The van der Waals surface area contributed by atoms with Gasteiger partial charge in [-0.2, -0.15) is 0 Å². The van der Waals surface area contributed by atoms with Gasteiger partial charge in [-0.15, -0.1) is 0 Å². The zero-order valence-corrected chi connectivity index (χ0v) is 17.0. The Labute approximate surface area is 175 Å². The lowest BCUT2D eigenvalue weighted by Crippen LogP contribution is -2.55. The van der Waals surface area contributed by atoms with Crippen molar-refractivity contribution >= 4 is 22.0 Å². The predicted molar refractivity (Wildman–Crippen MR) is 107 cm³/mol. The molecule has 1 fully saturated rings. The number of azide groups is 1. The number of benzene rings is 2. The first-order chi connectivity index (χ1) is 14.0. The summed E-state index contributed by atoms with van der Waals surface area (Å²) in [5.41, 5.74) is 9.97. The topological polar surface area (TPSA) is 78.3 Å². The van der Waals surface area contributed by atoms with Crippen molar-refractivity contribution < 1.29 is 18.3 Å². The minimum Gasteiger partial charge on any atom is -0.445 e. The molecule has 0 aromatic heterocycles. The zero-order chi connectivity index (χ0) is 20.8. The van der Waals surface area contributed by atoms with Crippen LogP contribution >= 0.6 is 15.9 Å². The van der Waals surface area contributed by atoms with E-state index in [-0.39, 0.29) is 36.0 Å². The highest BCUT2D eigenvalue weighted by Gasteiger charge is 2.41. The van der Waals surface area contributed by atoms with E-state index in [2.05, 4.69) is 26.0 Å². The number of hydrogen-bond donors (Lipinski definition) is 0. The molecule has 2 aromatic carbocycles. The molecule has 1 amide bonds.